The van der Waals surface area contributed by atoms with Gasteiger partial charge in [-0.3, -0.25) is 140 Å². The minimum Gasteiger partial charge on any atom is -0.480 e. The number of aromatic nitrogens is 1. The van der Waals surface area contributed by atoms with E-state index in [2.05, 4.69) is 31.6 Å². The zero-order valence-electron chi connectivity index (χ0n) is 78.3. The Morgan fingerprint density at radius 1 is 0.357 bits per heavy atom. The molecule has 2 fully saturated rings. The van der Waals surface area contributed by atoms with Gasteiger partial charge < -0.3 is 57.2 Å². The van der Waals surface area contributed by atoms with E-state index in [4.69, 9.17) is 20.4 Å². The number of carboxylic acids is 6. The summed E-state index contributed by atoms with van der Waals surface area (Å²) in [7, 11) is 0. The van der Waals surface area contributed by atoms with Crippen molar-refractivity contribution in [3.05, 3.63) is 29.6 Å². The average molecular weight is 1810 g/mol. The van der Waals surface area contributed by atoms with Gasteiger partial charge in [0.05, 0.1) is 96.4 Å². The highest BCUT2D eigenvalue weighted by atomic mass is 32.2. The highest BCUT2D eigenvalue weighted by Crippen LogP contribution is 2.19. The molecule has 0 unspecified atom stereocenters. The lowest BCUT2D eigenvalue weighted by molar-refractivity contribution is -0.143. The maximum absolute atomic E-state index is 12.6. The first-order valence-electron chi connectivity index (χ1n) is 42.1. The molecule has 0 aromatic carbocycles. The molecule has 41 heteroatoms. The zero-order valence-corrected chi connectivity index (χ0v) is 79.1. The molecule has 2 aliphatic rings. The zero-order chi connectivity index (χ0) is 97.1. The number of amides is 5. The van der Waals surface area contributed by atoms with Crippen LogP contribution in [0.25, 0.3) is 0 Å². The summed E-state index contributed by atoms with van der Waals surface area (Å²) in [5.74, 6) is -7.52. The van der Waals surface area contributed by atoms with Crippen molar-refractivity contribution < 1.29 is 117 Å². The normalized spacial score (nSPS) is 14.8. The molecule has 0 radical (unpaired) electrons. The molecule has 11 N–H and O–H groups in total. The number of hydrogen-bond donors (Lipinski definition) is 11. The fraction of sp³-hybridized carbons (Fsp3) is 0.729. The molecule has 3 heterocycles. The van der Waals surface area contributed by atoms with E-state index in [1.807, 2.05) is 151 Å². The van der Waals surface area contributed by atoms with Crippen LogP contribution in [-0.2, 0) is 81.5 Å². The molecule has 0 aliphatic carbocycles. The molecular formula is C85H148N16O24S. The Bertz CT molecular complexity index is 3540. The summed E-state index contributed by atoms with van der Waals surface area (Å²) in [6, 6.07) is 3.61. The number of ketones is 6. The molecule has 1 aromatic rings. The van der Waals surface area contributed by atoms with E-state index in [9.17, 15) is 96.5 Å². The van der Waals surface area contributed by atoms with Gasteiger partial charge in [0.1, 0.15) is 28.9 Å². The predicted molar refractivity (Wildman–Crippen MR) is 476 cm³/mol. The molecule has 3 rings (SSSR count). The summed E-state index contributed by atoms with van der Waals surface area (Å²) in [5.41, 5.74) is 0.0959. The van der Waals surface area contributed by atoms with Crippen molar-refractivity contribution in [3.8, 4) is 0 Å². The van der Waals surface area contributed by atoms with Gasteiger partial charge in [-0.2, -0.15) is 0 Å². The van der Waals surface area contributed by atoms with E-state index in [1.54, 1.807) is 24.1 Å². The van der Waals surface area contributed by atoms with Crippen molar-refractivity contribution in [1.82, 2.24) is 80.6 Å². The van der Waals surface area contributed by atoms with Gasteiger partial charge in [-0.05, 0) is 128 Å². The number of carbonyl (C=O) groups excluding carboxylic acids is 12. The van der Waals surface area contributed by atoms with Gasteiger partial charge in [-0.15, -0.1) is 0 Å². The number of carboxylic acid groups (broad SMARTS) is 6. The summed E-state index contributed by atoms with van der Waals surface area (Å²) in [6.07, 6.45) is 2.18. The van der Waals surface area contributed by atoms with Crippen LogP contribution in [0, 0.1) is 12.3 Å². The Labute approximate surface area is 747 Å². The number of carbonyl (C=O) groups is 18. The van der Waals surface area contributed by atoms with Crippen LogP contribution in [0.4, 0.5) is 0 Å². The number of rotatable bonds is 42. The second kappa shape index (κ2) is 61.4. The molecule has 1 aromatic heterocycles. The summed E-state index contributed by atoms with van der Waals surface area (Å²) in [4.78, 5) is 229. The first-order chi connectivity index (χ1) is 57.9. The molecule has 2 aliphatic heterocycles. The molecule has 5 amide bonds. The third kappa shape index (κ3) is 73.1. The van der Waals surface area contributed by atoms with E-state index < -0.39 is 60.4 Å². The fourth-order valence-electron chi connectivity index (χ4n) is 12.1. The smallest absolute Gasteiger partial charge is 0.317 e. The van der Waals surface area contributed by atoms with Crippen molar-refractivity contribution in [2.24, 2.45) is 5.41 Å². The first-order valence-corrected chi connectivity index (χ1v) is 43.1. The quantitative estimate of drug-likeness (QED) is 0.0435. The Balaban J connectivity index is 0. The van der Waals surface area contributed by atoms with Gasteiger partial charge >= 0.3 is 35.8 Å². The number of hydrogen-bond acceptors (Lipinski definition) is 30. The minimum atomic E-state index is -1.17. The van der Waals surface area contributed by atoms with Crippen LogP contribution >= 0.6 is 11.8 Å². The van der Waals surface area contributed by atoms with Gasteiger partial charge in [0, 0.05) is 191 Å². The summed E-state index contributed by atoms with van der Waals surface area (Å²) in [6.45, 7) is 44.1. The Hall–Kier alpha value is -9.04. The highest BCUT2D eigenvalue weighted by molar-refractivity contribution is 8.14. The molecular weight excluding hydrogens is 1660 g/mol. The highest BCUT2D eigenvalue weighted by Gasteiger charge is 2.28. The van der Waals surface area contributed by atoms with E-state index in [1.165, 1.54) is 30.6 Å². The second-order valence-electron chi connectivity index (χ2n) is 36.8. The molecule has 718 valence electrons. The van der Waals surface area contributed by atoms with Crippen molar-refractivity contribution >= 4 is 117 Å². The van der Waals surface area contributed by atoms with Crippen LogP contribution in [0.2, 0.25) is 0 Å². The molecule has 40 nitrogen and oxygen atoms in total. The van der Waals surface area contributed by atoms with Crippen molar-refractivity contribution in [2.75, 3.05) is 209 Å². The monoisotopic (exact) mass is 1810 g/mol. The van der Waals surface area contributed by atoms with E-state index >= 15 is 0 Å². The molecule has 2 saturated heterocycles. The fourth-order valence-corrected chi connectivity index (χ4v) is 12.6. The van der Waals surface area contributed by atoms with E-state index in [-0.39, 0.29) is 209 Å². The van der Waals surface area contributed by atoms with Crippen LogP contribution < -0.4 is 26.6 Å². The minimum absolute atomic E-state index is 0.00944. The number of Topliss-reactive ketones (excluding diaryl/α,β-unsaturated/α-hetero) is 6. The Morgan fingerprint density at radius 2 is 0.690 bits per heavy atom. The summed E-state index contributed by atoms with van der Waals surface area (Å²) in [5, 5.41) is 68.3. The number of thioether (sulfide) groups is 1. The van der Waals surface area contributed by atoms with Crippen molar-refractivity contribution in [1.29, 1.82) is 0 Å². The van der Waals surface area contributed by atoms with E-state index in [0.29, 0.717) is 110 Å². The van der Waals surface area contributed by atoms with Crippen molar-refractivity contribution in [2.45, 2.75) is 193 Å². The van der Waals surface area contributed by atoms with Crippen LogP contribution in [0.15, 0.2) is 18.3 Å². The van der Waals surface area contributed by atoms with Gasteiger partial charge in [-0.25, -0.2) is 0 Å². The number of aryl methyl sites for hydroxylation is 1. The van der Waals surface area contributed by atoms with Crippen LogP contribution in [-0.4, -0.2) is 421 Å². The number of nitrogens with zero attached hydrogens (tertiary/aromatic N) is 11. The number of pyridine rings is 1. The summed E-state index contributed by atoms with van der Waals surface area (Å²) >= 11 is 0.910. The maximum atomic E-state index is 12.6. The van der Waals surface area contributed by atoms with Gasteiger partial charge in [0.2, 0.25) is 23.6 Å². The maximum Gasteiger partial charge on any atom is 0.317 e. The SMILES string of the molecule is CC(=O)CN(CCN(CCN(CC(=O)O)CC(=O)O)CC(=O)NC(C)(C)C)CC(=O)O.CC(=O)CN1CCN(CC(=O)O)CCN(CC(=O)CC(C)(C)C)CCN(CC(=O)O)CC1.CC(=O)CN1CCN(CC(=O)O)CCN(CC(=O)NC(C)(C)C)CC1.CC(=O)SCC(=O)CCC(=O)NCC(=O)CCC(=O)NC(C)(C)C.Cc1ccc(C(=O)NC(C)(C)C)cn1. The summed E-state index contributed by atoms with van der Waals surface area (Å²) < 4.78 is 0. The van der Waals surface area contributed by atoms with Gasteiger partial charge in [-0.1, -0.05) is 32.5 Å². The molecule has 0 bridgehead atoms. The standard InChI is InChI=1S/C22H40N4O6.C19H34N4O8.C17H32N4O4.C16H26N2O5S.C11H16N2O/c1-18(27)14-23-5-9-25(16-20(29)30)11-7-24(15-19(28)13-22(2,3)4)8-12-26(10-6-23)17-21(31)32;1-14(24)9-22(11-16(26)27)7-5-21(10-15(25)20-19(2,3)4)6-8-23(12-17(28)29)13-18(30)31;1-14(22)11-19-5-7-20(12-15(23)18-17(2,3)4)8-10-21(9-6-19)13-16(24)25;1-11(19)24-10-13(21)6-7-14(22)17-9-12(20)5-8-15(23)18-16(2,3)4;1-8-5-6-9(7-12-8)10(14)13-11(2,3)4/h5-17H2,1-4H3,(H,29,30)(H,31,32);5-13H2,1-4H3,(H,20,25)(H,26,27)(H,28,29)(H,30,31);5-13H2,1-4H3,(H,18,23)(H,24,25);5-10H2,1-4H3,(H,17,22)(H,18,23);5-7H,1-4H3,(H,13,14). The molecule has 0 spiro atoms. The lowest BCUT2D eigenvalue weighted by atomic mass is 9.90. The Morgan fingerprint density at radius 3 is 1.02 bits per heavy atom. The van der Waals surface area contributed by atoms with Crippen LogP contribution in [0.5, 0.6) is 0 Å². The first kappa shape index (κ1) is 119. The Kier molecular flexibility index (Phi) is 58.0. The second-order valence-corrected chi connectivity index (χ2v) is 37.9. The largest absolute Gasteiger partial charge is 0.480 e. The van der Waals surface area contributed by atoms with Crippen LogP contribution in [0.1, 0.15) is 180 Å². The van der Waals surface area contributed by atoms with Gasteiger partial charge in [0.25, 0.3) is 5.91 Å². The van der Waals surface area contributed by atoms with Crippen molar-refractivity contribution in [3.63, 3.8) is 0 Å². The average Bonchev–Trinajstić information content (AvgIpc) is 0.954. The predicted octanol–water partition coefficient (Wildman–Crippen LogP) is 1.03. The third-order valence-electron chi connectivity index (χ3n) is 17.3. The topological polar surface area (TPSA) is 534 Å². The molecule has 126 heavy (non-hydrogen) atoms. The van der Waals surface area contributed by atoms with Crippen LogP contribution in [0.3, 0.4) is 0 Å². The molecule has 0 atom stereocenters. The lowest BCUT2D eigenvalue weighted by Crippen LogP contribution is -2.49. The van der Waals surface area contributed by atoms with E-state index in [0.717, 1.165) is 17.5 Å². The third-order valence-corrected chi connectivity index (χ3v) is 18.2. The number of nitrogens with one attached hydrogen (secondary N) is 5. The number of aliphatic carboxylic acids is 6. The lowest BCUT2D eigenvalue weighted by Gasteiger charge is -2.33. The molecule has 0 saturated carbocycles. The van der Waals surface area contributed by atoms with Gasteiger partial charge in [0.15, 0.2) is 10.9 Å².